The molecule has 2 rings (SSSR count). The average Bonchev–Trinajstić information content (AvgIpc) is 2.47. The van der Waals surface area contributed by atoms with E-state index in [1.54, 1.807) is 18.5 Å². The molecule has 0 spiro atoms. The van der Waals surface area contributed by atoms with Gasteiger partial charge in [-0.05, 0) is 31.9 Å². The second-order valence-corrected chi connectivity index (χ2v) is 5.79. The summed E-state index contributed by atoms with van der Waals surface area (Å²) in [6.07, 6.45) is 3.32. The summed E-state index contributed by atoms with van der Waals surface area (Å²) in [5.41, 5.74) is 0.432. The van der Waals surface area contributed by atoms with Gasteiger partial charge in [0.25, 0.3) is 5.91 Å². The molecule has 114 valence electrons. The quantitative estimate of drug-likeness (QED) is 0.865. The van der Waals surface area contributed by atoms with Crippen molar-refractivity contribution in [3.05, 3.63) is 30.1 Å². The molecule has 2 heterocycles. The van der Waals surface area contributed by atoms with Crippen LogP contribution in [0.15, 0.2) is 24.5 Å². The molecule has 2 N–H and O–H groups in total. The topological polar surface area (TPSA) is 80.3 Å². The zero-order chi connectivity index (χ0) is 15.5. The number of hydrogen-bond donors (Lipinski definition) is 2. The highest BCUT2D eigenvalue weighted by Crippen LogP contribution is 2.22. The summed E-state index contributed by atoms with van der Waals surface area (Å²) in [6.45, 7) is 5.79. The molecule has 0 unspecified atom stereocenters. The molecule has 6 heteroatoms. The minimum absolute atomic E-state index is 0.110. The Morgan fingerprint density at radius 1 is 1.57 bits per heavy atom. The van der Waals surface area contributed by atoms with E-state index in [9.17, 15) is 9.59 Å². The van der Waals surface area contributed by atoms with E-state index in [0.29, 0.717) is 0 Å². The van der Waals surface area contributed by atoms with Crippen LogP contribution >= 0.6 is 0 Å². The fraction of sp³-hybridized carbons (Fsp3) is 0.533. The number of hydrogen-bond acceptors (Lipinski definition) is 4. The van der Waals surface area contributed by atoms with Crippen LogP contribution in [0.1, 0.15) is 38.8 Å². The fourth-order valence-corrected chi connectivity index (χ4v) is 2.09. The number of morpholine rings is 1. The Hall–Kier alpha value is -1.95. The largest absolute Gasteiger partial charge is 0.356 e. The highest BCUT2D eigenvalue weighted by Gasteiger charge is 2.37. The summed E-state index contributed by atoms with van der Waals surface area (Å²) in [4.78, 5) is 28.1. The zero-order valence-electron chi connectivity index (χ0n) is 12.6. The molecule has 0 radical (unpaired) electrons. The third-order valence-corrected chi connectivity index (χ3v) is 3.66. The molecule has 1 fully saturated rings. The van der Waals surface area contributed by atoms with E-state index < -0.39 is 12.1 Å². The van der Waals surface area contributed by atoms with Crippen LogP contribution in [0, 0.1) is 0 Å². The van der Waals surface area contributed by atoms with E-state index in [4.69, 9.17) is 4.74 Å². The first-order valence-electron chi connectivity index (χ1n) is 7.06. The van der Waals surface area contributed by atoms with Crippen LogP contribution in [0.25, 0.3) is 0 Å². The number of carbonyl (C=O) groups excluding carboxylic acids is 2. The van der Waals surface area contributed by atoms with Gasteiger partial charge in [-0.3, -0.25) is 14.6 Å². The lowest BCUT2D eigenvalue weighted by atomic mass is 9.97. The van der Waals surface area contributed by atoms with Gasteiger partial charge in [-0.15, -0.1) is 0 Å². The second kappa shape index (κ2) is 6.22. The Morgan fingerprint density at radius 3 is 2.95 bits per heavy atom. The van der Waals surface area contributed by atoms with Crippen LogP contribution < -0.4 is 10.6 Å². The normalized spacial score (nSPS) is 22.5. The molecule has 1 aliphatic rings. The summed E-state index contributed by atoms with van der Waals surface area (Å²) < 4.78 is 5.46. The zero-order valence-corrected chi connectivity index (χ0v) is 12.6. The number of nitrogens with one attached hydrogen (secondary N) is 2. The van der Waals surface area contributed by atoms with E-state index in [-0.39, 0.29) is 24.0 Å². The summed E-state index contributed by atoms with van der Waals surface area (Å²) in [5, 5.41) is 5.76. The summed E-state index contributed by atoms with van der Waals surface area (Å²) in [6, 6.07) is 3.06. The van der Waals surface area contributed by atoms with Gasteiger partial charge >= 0.3 is 0 Å². The number of carbonyl (C=O) groups is 2. The highest BCUT2D eigenvalue weighted by molar-refractivity contribution is 5.86. The molecular formula is C15H21N3O3. The van der Waals surface area contributed by atoms with Crippen LogP contribution in [-0.2, 0) is 14.3 Å². The minimum Gasteiger partial charge on any atom is -0.356 e. The molecule has 1 aromatic heterocycles. The third kappa shape index (κ3) is 3.78. The SMILES string of the molecule is CCC(C)(C)NC(=O)[C@H]1OCC(=O)N[C@@H]1c1cccnc1. The smallest absolute Gasteiger partial charge is 0.252 e. The minimum atomic E-state index is -0.752. The first kappa shape index (κ1) is 15.4. The fourth-order valence-electron chi connectivity index (χ4n) is 2.09. The Bertz CT molecular complexity index is 516. The molecule has 2 amide bonds. The van der Waals surface area contributed by atoms with E-state index in [2.05, 4.69) is 15.6 Å². The lowest BCUT2D eigenvalue weighted by Gasteiger charge is -2.34. The molecule has 0 bridgehead atoms. The molecule has 1 aliphatic heterocycles. The van der Waals surface area contributed by atoms with Gasteiger partial charge in [-0.25, -0.2) is 0 Å². The lowest BCUT2D eigenvalue weighted by Crippen LogP contribution is -2.56. The van der Waals surface area contributed by atoms with Gasteiger partial charge in [0.1, 0.15) is 6.61 Å². The van der Waals surface area contributed by atoms with Crippen molar-refractivity contribution in [3.8, 4) is 0 Å². The van der Waals surface area contributed by atoms with Gasteiger partial charge in [0.2, 0.25) is 5.91 Å². The third-order valence-electron chi connectivity index (χ3n) is 3.66. The van der Waals surface area contributed by atoms with Gasteiger partial charge in [0, 0.05) is 17.9 Å². The predicted octanol–water partition coefficient (Wildman–Crippen LogP) is 0.942. The Balaban J connectivity index is 2.19. The van der Waals surface area contributed by atoms with Gasteiger partial charge in [0.15, 0.2) is 6.10 Å². The van der Waals surface area contributed by atoms with Gasteiger partial charge in [0.05, 0.1) is 6.04 Å². The van der Waals surface area contributed by atoms with Crippen molar-refractivity contribution in [2.75, 3.05) is 6.61 Å². The molecule has 1 aromatic rings. The van der Waals surface area contributed by atoms with E-state index in [1.807, 2.05) is 26.8 Å². The van der Waals surface area contributed by atoms with E-state index in [0.717, 1.165) is 12.0 Å². The molecule has 6 nitrogen and oxygen atoms in total. The Labute approximate surface area is 124 Å². The highest BCUT2D eigenvalue weighted by atomic mass is 16.5. The second-order valence-electron chi connectivity index (χ2n) is 5.79. The first-order chi connectivity index (χ1) is 9.93. The maximum absolute atomic E-state index is 12.5. The van der Waals surface area contributed by atoms with Crippen LogP contribution in [0.4, 0.5) is 0 Å². The number of rotatable bonds is 4. The summed E-state index contributed by atoms with van der Waals surface area (Å²) >= 11 is 0. The predicted molar refractivity (Wildman–Crippen MR) is 77.4 cm³/mol. The van der Waals surface area contributed by atoms with E-state index in [1.165, 1.54) is 0 Å². The standard InChI is InChI=1S/C15H21N3O3/c1-4-15(2,3)18-14(20)13-12(17-11(19)9-21-13)10-6-5-7-16-8-10/h5-8,12-13H,4,9H2,1-3H3,(H,17,19)(H,18,20)/t12-,13+/m1/s1. The van der Waals surface area contributed by atoms with Crippen molar-refractivity contribution in [3.63, 3.8) is 0 Å². The molecular weight excluding hydrogens is 270 g/mol. The maximum atomic E-state index is 12.5. The van der Waals surface area contributed by atoms with Crippen LogP contribution in [0.2, 0.25) is 0 Å². The molecule has 2 atom stereocenters. The van der Waals surface area contributed by atoms with Crippen LogP contribution in [0.5, 0.6) is 0 Å². The Kier molecular flexibility index (Phi) is 4.57. The summed E-state index contributed by atoms with van der Waals surface area (Å²) in [7, 11) is 0. The molecule has 0 saturated carbocycles. The van der Waals surface area contributed by atoms with Gasteiger partial charge < -0.3 is 15.4 Å². The molecule has 0 aromatic carbocycles. The van der Waals surface area contributed by atoms with Crippen LogP contribution in [-0.4, -0.2) is 35.0 Å². The number of amides is 2. The number of nitrogens with zero attached hydrogens (tertiary/aromatic N) is 1. The van der Waals surface area contributed by atoms with Gasteiger partial charge in [-0.1, -0.05) is 13.0 Å². The monoisotopic (exact) mass is 291 g/mol. The molecule has 21 heavy (non-hydrogen) atoms. The number of aromatic nitrogens is 1. The maximum Gasteiger partial charge on any atom is 0.252 e. The van der Waals surface area contributed by atoms with Crippen molar-refractivity contribution in [2.45, 2.75) is 44.9 Å². The van der Waals surface area contributed by atoms with Crippen molar-refractivity contribution in [1.29, 1.82) is 0 Å². The summed E-state index contributed by atoms with van der Waals surface area (Å²) in [5.74, 6) is -0.460. The Morgan fingerprint density at radius 2 is 2.33 bits per heavy atom. The van der Waals surface area contributed by atoms with Crippen molar-refractivity contribution in [2.24, 2.45) is 0 Å². The van der Waals surface area contributed by atoms with Crippen molar-refractivity contribution >= 4 is 11.8 Å². The first-order valence-corrected chi connectivity index (χ1v) is 7.06. The molecule has 0 aliphatic carbocycles. The van der Waals surface area contributed by atoms with Gasteiger partial charge in [-0.2, -0.15) is 0 Å². The van der Waals surface area contributed by atoms with Crippen molar-refractivity contribution in [1.82, 2.24) is 15.6 Å². The lowest BCUT2D eigenvalue weighted by molar-refractivity contribution is -0.149. The number of ether oxygens (including phenoxy) is 1. The average molecular weight is 291 g/mol. The number of pyridine rings is 1. The van der Waals surface area contributed by atoms with Crippen LogP contribution in [0.3, 0.4) is 0 Å². The molecule has 1 saturated heterocycles. The van der Waals surface area contributed by atoms with Crippen molar-refractivity contribution < 1.29 is 14.3 Å². The van der Waals surface area contributed by atoms with E-state index >= 15 is 0 Å².